The summed E-state index contributed by atoms with van der Waals surface area (Å²) >= 11 is 0. The number of cyclic esters (lactones) is 1. The van der Waals surface area contributed by atoms with E-state index in [1.54, 1.807) is 19.9 Å². The molecule has 4 heterocycles. The van der Waals surface area contributed by atoms with E-state index in [0.717, 1.165) is 5.56 Å². The van der Waals surface area contributed by atoms with Crippen LogP contribution in [0.15, 0.2) is 16.9 Å². The Morgan fingerprint density at radius 1 is 1.30 bits per heavy atom. The van der Waals surface area contributed by atoms with Crippen LogP contribution in [-0.2, 0) is 44.3 Å². The molecule has 40 heavy (non-hydrogen) atoms. The van der Waals surface area contributed by atoms with Gasteiger partial charge in [0.25, 0.3) is 5.56 Å². The number of carbonyl (C=O) groups is 3. The van der Waals surface area contributed by atoms with E-state index in [4.69, 9.17) is 21.2 Å². The lowest BCUT2D eigenvalue weighted by Crippen LogP contribution is -2.45. The molecule has 3 aromatic rings. The number of aliphatic hydroxyl groups is 1. The molecule has 0 fully saturated rings. The monoisotopic (exact) mass is 549 g/mol. The Hall–Kier alpha value is -4.16. The van der Waals surface area contributed by atoms with E-state index in [-0.39, 0.29) is 37.1 Å². The third kappa shape index (κ3) is 3.59. The summed E-state index contributed by atoms with van der Waals surface area (Å²) in [6, 6.07) is 1.22. The number of nitrogens with one attached hydrogen (secondary N) is 1. The lowest BCUT2D eigenvalue weighted by atomic mass is 9.81. The lowest BCUT2D eigenvalue weighted by Gasteiger charge is -2.31. The van der Waals surface area contributed by atoms with Gasteiger partial charge in [-0.2, -0.15) is 0 Å². The highest BCUT2D eigenvalue weighted by Crippen LogP contribution is 2.45. The first-order valence-electron chi connectivity index (χ1n) is 13.1. The Morgan fingerprint density at radius 2 is 2.05 bits per heavy atom. The predicted molar refractivity (Wildman–Crippen MR) is 140 cm³/mol. The number of benzene rings is 1. The van der Waals surface area contributed by atoms with Gasteiger partial charge in [-0.15, -0.1) is 0 Å². The third-order valence-electron chi connectivity index (χ3n) is 8.45. The number of rotatable bonds is 5. The van der Waals surface area contributed by atoms with E-state index >= 15 is 4.39 Å². The summed E-state index contributed by atoms with van der Waals surface area (Å²) in [6.07, 6.45) is 0.570. The van der Waals surface area contributed by atoms with Crippen molar-refractivity contribution in [2.75, 3.05) is 0 Å². The normalized spacial score (nSPS) is 21.3. The number of fused-ring (bicyclic) bond motifs is 5. The summed E-state index contributed by atoms with van der Waals surface area (Å²) < 4.78 is 21.6. The molecular formula is C28H28FN5O6. The van der Waals surface area contributed by atoms with E-state index < -0.39 is 46.8 Å². The van der Waals surface area contributed by atoms with Crippen molar-refractivity contribution in [1.82, 2.24) is 14.9 Å². The zero-order chi connectivity index (χ0) is 28.7. The molecule has 3 atom stereocenters. The molecule has 0 radical (unpaired) electrons. The zero-order valence-corrected chi connectivity index (χ0v) is 22.0. The molecule has 0 saturated heterocycles. The van der Waals surface area contributed by atoms with Crippen molar-refractivity contribution in [3.63, 3.8) is 0 Å². The lowest BCUT2D eigenvalue weighted by molar-refractivity contribution is -0.172. The number of halogens is 1. The second-order valence-electron chi connectivity index (χ2n) is 10.7. The topological polar surface area (TPSA) is 180 Å². The van der Waals surface area contributed by atoms with Crippen LogP contribution in [0, 0.1) is 12.7 Å². The van der Waals surface area contributed by atoms with Crippen molar-refractivity contribution in [2.45, 2.75) is 70.4 Å². The van der Waals surface area contributed by atoms with Crippen molar-refractivity contribution in [2.24, 2.45) is 11.5 Å². The molecule has 2 aromatic heterocycles. The molecule has 1 aromatic carbocycles. The SMILES string of the molecule is CC[C@@]1(O)C(=O)OCc2c1cc1n(c2=O)Cc2c-1nc1cc(F)c(C)c3c1c2[C@@H](NC(=O)[C@@H](N)CC(N)=O)CC3. The van der Waals surface area contributed by atoms with Crippen molar-refractivity contribution in [3.05, 3.63) is 61.7 Å². The predicted octanol–water partition coefficient (Wildman–Crippen LogP) is 0.833. The minimum absolute atomic E-state index is 0.00149. The van der Waals surface area contributed by atoms with Gasteiger partial charge in [-0.05, 0) is 48.9 Å². The fourth-order valence-electron chi connectivity index (χ4n) is 6.29. The number of nitrogens with zero attached hydrogens (tertiary/aromatic N) is 2. The highest BCUT2D eigenvalue weighted by atomic mass is 19.1. The standard InChI is InChI=1S/C28H28FN5O6/c1-3-28(39)15-6-20-24-13(9-34(20)26(37)14(15)10-40-27(28)38)23-18(33-25(36)17(30)8-21(31)35)5-4-12-11(2)16(29)7-19(32-24)22(12)23/h6-7,17-18,39H,3-5,8-10,30H2,1-2H3,(H2,31,35)(H,33,36)/t17-,18-,28-/m0/s1. The number of aryl methyl sites for hydroxylation is 1. The van der Waals surface area contributed by atoms with Gasteiger partial charge in [-0.25, -0.2) is 14.2 Å². The van der Waals surface area contributed by atoms with Crippen LogP contribution in [-0.4, -0.2) is 38.5 Å². The van der Waals surface area contributed by atoms with Crippen LogP contribution in [0.1, 0.15) is 65.6 Å². The molecule has 11 nitrogen and oxygen atoms in total. The number of esters is 1. The molecule has 12 heteroatoms. The van der Waals surface area contributed by atoms with E-state index in [0.29, 0.717) is 51.8 Å². The molecule has 0 bridgehead atoms. The summed E-state index contributed by atoms with van der Waals surface area (Å²) in [5, 5.41) is 14.8. The molecule has 2 amide bonds. The highest BCUT2D eigenvalue weighted by molar-refractivity contribution is 5.94. The number of carbonyl (C=O) groups excluding carboxylic acids is 3. The van der Waals surface area contributed by atoms with Gasteiger partial charge in [0, 0.05) is 22.6 Å². The summed E-state index contributed by atoms with van der Waals surface area (Å²) in [5.41, 5.74) is 12.8. The van der Waals surface area contributed by atoms with Crippen molar-refractivity contribution >= 4 is 28.7 Å². The number of aromatic nitrogens is 2. The molecule has 208 valence electrons. The number of ether oxygens (including phenoxy) is 1. The Bertz CT molecular complexity index is 1730. The van der Waals surface area contributed by atoms with Crippen LogP contribution < -0.4 is 22.3 Å². The number of pyridine rings is 2. The van der Waals surface area contributed by atoms with Crippen molar-refractivity contribution in [1.29, 1.82) is 0 Å². The van der Waals surface area contributed by atoms with Crippen LogP contribution in [0.25, 0.3) is 22.3 Å². The number of nitrogens with two attached hydrogens (primary N) is 2. The van der Waals surface area contributed by atoms with E-state index in [1.165, 1.54) is 10.6 Å². The van der Waals surface area contributed by atoms with Gasteiger partial charge in [-0.3, -0.25) is 14.4 Å². The third-order valence-corrected chi connectivity index (χ3v) is 8.45. The largest absolute Gasteiger partial charge is 0.458 e. The van der Waals surface area contributed by atoms with E-state index in [2.05, 4.69) is 5.32 Å². The molecular weight excluding hydrogens is 521 g/mol. The van der Waals surface area contributed by atoms with Gasteiger partial charge < -0.3 is 31.2 Å². The number of primary amides is 1. The molecule has 3 aliphatic rings. The van der Waals surface area contributed by atoms with Crippen LogP contribution in [0.4, 0.5) is 4.39 Å². The molecule has 6 N–H and O–H groups in total. The molecule has 1 aliphatic carbocycles. The summed E-state index contributed by atoms with van der Waals surface area (Å²) in [4.78, 5) is 55.2. The maximum Gasteiger partial charge on any atom is 0.343 e. The van der Waals surface area contributed by atoms with Gasteiger partial charge in [0.1, 0.15) is 12.4 Å². The van der Waals surface area contributed by atoms with Crippen LogP contribution in [0.2, 0.25) is 0 Å². The van der Waals surface area contributed by atoms with Crippen molar-refractivity contribution in [3.8, 4) is 11.4 Å². The molecule has 0 spiro atoms. The maximum atomic E-state index is 15.0. The Labute approximate surface area is 227 Å². The first kappa shape index (κ1) is 26.1. The Kier molecular flexibility index (Phi) is 5.82. The highest BCUT2D eigenvalue weighted by Gasteiger charge is 2.46. The average molecular weight is 550 g/mol. The minimum atomic E-state index is -1.99. The Balaban J connectivity index is 1.58. The summed E-state index contributed by atoms with van der Waals surface area (Å²) in [5.74, 6) is -2.51. The smallest absolute Gasteiger partial charge is 0.343 e. The second kappa shape index (κ2) is 8.93. The van der Waals surface area contributed by atoms with Gasteiger partial charge >= 0.3 is 5.97 Å². The van der Waals surface area contributed by atoms with Gasteiger partial charge in [-0.1, -0.05) is 6.92 Å². The number of amides is 2. The first-order chi connectivity index (χ1) is 19.0. The van der Waals surface area contributed by atoms with Crippen LogP contribution >= 0.6 is 0 Å². The van der Waals surface area contributed by atoms with E-state index in [1.807, 2.05) is 0 Å². The minimum Gasteiger partial charge on any atom is -0.458 e. The average Bonchev–Trinajstić information content (AvgIpc) is 3.28. The quantitative estimate of drug-likeness (QED) is 0.264. The van der Waals surface area contributed by atoms with Crippen molar-refractivity contribution < 1.29 is 28.6 Å². The molecule has 6 rings (SSSR count). The van der Waals surface area contributed by atoms with Crippen LogP contribution in [0.3, 0.4) is 0 Å². The first-order valence-corrected chi connectivity index (χ1v) is 13.1. The van der Waals surface area contributed by atoms with Crippen LogP contribution in [0.5, 0.6) is 0 Å². The van der Waals surface area contributed by atoms with Gasteiger partial charge in [0.15, 0.2) is 5.60 Å². The molecule has 0 unspecified atom stereocenters. The Morgan fingerprint density at radius 3 is 2.75 bits per heavy atom. The summed E-state index contributed by atoms with van der Waals surface area (Å²) in [7, 11) is 0. The van der Waals surface area contributed by atoms with Gasteiger partial charge in [0.2, 0.25) is 11.8 Å². The summed E-state index contributed by atoms with van der Waals surface area (Å²) in [6.45, 7) is 3.16. The molecule has 2 aliphatic heterocycles. The zero-order valence-electron chi connectivity index (χ0n) is 22.0. The maximum absolute atomic E-state index is 15.0. The number of hydrogen-bond acceptors (Lipinski definition) is 8. The fraction of sp³-hybridized carbons (Fsp3) is 0.393. The van der Waals surface area contributed by atoms with Gasteiger partial charge in [0.05, 0.1) is 47.5 Å². The van der Waals surface area contributed by atoms with E-state index in [9.17, 15) is 24.3 Å². The second-order valence-corrected chi connectivity index (χ2v) is 10.7. The molecule has 0 saturated carbocycles. The fourth-order valence-corrected chi connectivity index (χ4v) is 6.29. The number of hydrogen-bond donors (Lipinski definition) is 4.